The highest BCUT2D eigenvalue weighted by Gasteiger charge is 2.12. The molecule has 1 N–H and O–H groups in total. The summed E-state index contributed by atoms with van der Waals surface area (Å²) in [5.41, 5.74) is 2.35. The van der Waals surface area contributed by atoms with E-state index in [1.165, 1.54) is 23.5 Å². The van der Waals surface area contributed by atoms with Crippen LogP contribution < -0.4 is 10.1 Å². The van der Waals surface area contributed by atoms with Crippen LogP contribution in [-0.4, -0.2) is 47.5 Å². The number of aryl methyl sites for hydroxylation is 1. The lowest BCUT2D eigenvalue weighted by atomic mass is 10.1. The zero-order chi connectivity index (χ0) is 21.5. The summed E-state index contributed by atoms with van der Waals surface area (Å²) in [7, 11) is 1.84. The van der Waals surface area contributed by atoms with E-state index in [4.69, 9.17) is 4.74 Å². The highest BCUT2D eigenvalue weighted by molar-refractivity contribution is 7.14. The normalized spacial score (nSPS) is 10.8. The molecule has 0 saturated heterocycles. The van der Waals surface area contributed by atoms with E-state index in [1.807, 2.05) is 43.1 Å². The number of hydrogen-bond donors (Lipinski definition) is 1. The van der Waals surface area contributed by atoms with Crippen molar-refractivity contribution in [3.8, 4) is 17.0 Å². The smallest absolute Gasteiger partial charge is 0.270 e. The molecule has 30 heavy (non-hydrogen) atoms. The van der Waals surface area contributed by atoms with Crippen molar-refractivity contribution in [1.29, 1.82) is 0 Å². The van der Waals surface area contributed by atoms with Crippen LogP contribution >= 0.6 is 11.3 Å². The Morgan fingerprint density at radius 1 is 1.27 bits per heavy atom. The molecule has 3 rings (SSSR count). The van der Waals surface area contributed by atoms with Gasteiger partial charge in [0, 0.05) is 29.6 Å². The monoisotopic (exact) mass is 426 g/mol. The Balaban J connectivity index is 1.48. The number of carbonyl (C=O) groups is 1. The minimum atomic E-state index is -0.447. The van der Waals surface area contributed by atoms with E-state index >= 15 is 0 Å². The Labute approximate surface area is 178 Å². The molecule has 1 amide bonds. The summed E-state index contributed by atoms with van der Waals surface area (Å²) in [5, 5.41) is 15.9. The maximum Gasteiger partial charge on any atom is 0.270 e. The number of thiazole rings is 1. The predicted octanol–water partition coefficient (Wildman–Crippen LogP) is 3.98. The summed E-state index contributed by atoms with van der Waals surface area (Å²) in [6, 6.07) is 14.1. The molecule has 0 bridgehead atoms. The van der Waals surface area contributed by atoms with Crippen LogP contribution in [0.1, 0.15) is 5.56 Å². The molecule has 156 valence electrons. The third kappa shape index (κ3) is 6.10. The van der Waals surface area contributed by atoms with Gasteiger partial charge in [-0.3, -0.25) is 19.8 Å². The zero-order valence-corrected chi connectivity index (χ0v) is 17.5. The maximum atomic E-state index is 12.3. The molecule has 3 aromatic rings. The lowest BCUT2D eigenvalue weighted by Gasteiger charge is -2.16. The fraction of sp³-hybridized carbons (Fsp3) is 0.238. The number of amides is 1. The topological polar surface area (TPSA) is 97.6 Å². The second-order valence-electron chi connectivity index (χ2n) is 6.80. The number of hydrogen-bond acceptors (Lipinski definition) is 7. The summed E-state index contributed by atoms with van der Waals surface area (Å²) in [5.74, 6) is 0.623. The van der Waals surface area contributed by atoms with Crippen molar-refractivity contribution in [3.63, 3.8) is 0 Å². The molecule has 0 spiro atoms. The van der Waals surface area contributed by atoms with E-state index in [-0.39, 0.29) is 18.1 Å². The minimum absolute atomic E-state index is 0.000549. The van der Waals surface area contributed by atoms with Crippen LogP contribution in [0.4, 0.5) is 10.8 Å². The molecule has 2 aromatic carbocycles. The van der Waals surface area contributed by atoms with Gasteiger partial charge < -0.3 is 10.1 Å². The number of nitrogens with one attached hydrogen (secondary N) is 1. The average Bonchev–Trinajstić information content (AvgIpc) is 3.16. The quantitative estimate of drug-likeness (QED) is 0.411. The largest absolute Gasteiger partial charge is 0.492 e. The van der Waals surface area contributed by atoms with E-state index in [0.29, 0.717) is 29.5 Å². The Hall–Kier alpha value is -3.30. The summed E-state index contributed by atoms with van der Waals surface area (Å²) in [4.78, 5) is 29.0. The summed E-state index contributed by atoms with van der Waals surface area (Å²) in [6.07, 6.45) is 0. The summed E-state index contributed by atoms with van der Waals surface area (Å²) in [6.45, 7) is 3.27. The third-order valence-corrected chi connectivity index (χ3v) is 5.01. The molecular weight excluding hydrogens is 404 g/mol. The number of benzene rings is 2. The number of nitro groups is 1. The fourth-order valence-electron chi connectivity index (χ4n) is 2.75. The van der Waals surface area contributed by atoms with E-state index in [9.17, 15) is 14.9 Å². The summed E-state index contributed by atoms with van der Waals surface area (Å²) >= 11 is 1.27. The molecule has 0 aliphatic carbocycles. The Morgan fingerprint density at radius 2 is 2.07 bits per heavy atom. The number of nitrogens with zero attached hydrogens (tertiary/aromatic N) is 3. The number of likely N-dealkylation sites (N-methyl/N-ethyl adjacent to an activating group) is 1. The molecular formula is C21H22N4O4S. The first kappa shape index (κ1) is 21.4. The Morgan fingerprint density at radius 3 is 2.83 bits per heavy atom. The van der Waals surface area contributed by atoms with Gasteiger partial charge in [-0.1, -0.05) is 24.3 Å². The molecule has 0 aliphatic heterocycles. The van der Waals surface area contributed by atoms with Gasteiger partial charge in [0.15, 0.2) is 5.13 Å². The van der Waals surface area contributed by atoms with E-state index in [1.54, 1.807) is 17.5 Å². The number of carbonyl (C=O) groups excluding carboxylic acids is 1. The van der Waals surface area contributed by atoms with Gasteiger partial charge in [-0.25, -0.2) is 4.98 Å². The number of nitro benzene ring substituents is 1. The molecule has 0 saturated carbocycles. The van der Waals surface area contributed by atoms with Gasteiger partial charge in [0.25, 0.3) is 5.69 Å². The molecule has 9 heteroatoms. The molecule has 0 radical (unpaired) electrons. The van der Waals surface area contributed by atoms with Gasteiger partial charge in [0.1, 0.15) is 12.4 Å². The molecule has 1 aromatic heterocycles. The molecule has 0 aliphatic rings. The zero-order valence-electron chi connectivity index (χ0n) is 16.7. The standard InChI is InChI=1S/C21H22N4O4S/c1-15-5-3-8-18(11-15)29-10-9-24(2)13-20(26)23-21-22-19(14-30-21)16-6-4-7-17(12-16)25(27)28/h3-8,11-12,14H,9-10,13H2,1-2H3,(H,22,23,26). The van der Waals surface area contributed by atoms with Crippen molar-refractivity contribution in [2.45, 2.75) is 6.92 Å². The van der Waals surface area contributed by atoms with Crippen molar-refractivity contribution in [2.75, 3.05) is 32.1 Å². The van der Waals surface area contributed by atoms with E-state index < -0.39 is 4.92 Å². The van der Waals surface area contributed by atoms with Crippen LogP contribution in [0.3, 0.4) is 0 Å². The predicted molar refractivity (Wildman–Crippen MR) is 117 cm³/mol. The van der Waals surface area contributed by atoms with Crippen molar-refractivity contribution >= 4 is 28.1 Å². The maximum absolute atomic E-state index is 12.3. The number of anilines is 1. The highest BCUT2D eigenvalue weighted by Crippen LogP contribution is 2.27. The minimum Gasteiger partial charge on any atom is -0.492 e. The number of aromatic nitrogens is 1. The van der Waals surface area contributed by atoms with Crippen LogP contribution in [-0.2, 0) is 4.79 Å². The van der Waals surface area contributed by atoms with Gasteiger partial charge in [0.05, 0.1) is 17.2 Å². The fourth-order valence-corrected chi connectivity index (χ4v) is 3.49. The number of rotatable bonds is 9. The second-order valence-corrected chi connectivity index (χ2v) is 7.65. The number of non-ortho nitro benzene ring substituents is 1. The van der Waals surface area contributed by atoms with Crippen molar-refractivity contribution in [2.24, 2.45) is 0 Å². The Bertz CT molecular complexity index is 1040. The van der Waals surface area contributed by atoms with Gasteiger partial charge in [-0.2, -0.15) is 0 Å². The highest BCUT2D eigenvalue weighted by atomic mass is 32.1. The first-order valence-corrected chi connectivity index (χ1v) is 10.2. The van der Waals surface area contributed by atoms with Crippen LogP contribution in [0.5, 0.6) is 5.75 Å². The van der Waals surface area contributed by atoms with Crippen molar-refractivity contribution in [1.82, 2.24) is 9.88 Å². The molecule has 0 atom stereocenters. The Kier molecular flexibility index (Phi) is 7.10. The van der Waals surface area contributed by atoms with Crippen LogP contribution in [0.2, 0.25) is 0 Å². The first-order valence-electron chi connectivity index (χ1n) is 9.29. The molecule has 0 fully saturated rings. The third-order valence-electron chi connectivity index (χ3n) is 4.25. The lowest BCUT2D eigenvalue weighted by molar-refractivity contribution is -0.384. The SMILES string of the molecule is Cc1cccc(OCCN(C)CC(=O)Nc2nc(-c3cccc([N+](=O)[O-])c3)cs2)c1. The van der Waals surface area contributed by atoms with Crippen molar-refractivity contribution < 1.29 is 14.5 Å². The van der Waals surface area contributed by atoms with Gasteiger partial charge in [0.2, 0.25) is 5.91 Å². The van der Waals surface area contributed by atoms with Crippen LogP contribution in [0.25, 0.3) is 11.3 Å². The molecule has 8 nitrogen and oxygen atoms in total. The molecule has 1 heterocycles. The van der Waals surface area contributed by atoms with Crippen LogP contribution in [0, 0.1) is 17.0 Å². The summed E-state index contributed by atoms with van der Waals surface area (Å²) < 4.78 is 5.70. The second kappa shape index (κ2) is 9.95. The average molecular weight is 426 g/mol. The van der Waals surface area contributed by atoms with Gasteiger partial charge in [-0.05, 0) is 31.7 Å². The van der Waals surface area contributed by atoms with Gasteiger partial charge >= 0.3 is 0 Å². The van der Waals surface area contributed by atoms with E-state index in [2.05, 4.69) is 10.3 Å². The first-order chi connectivity index (χ1) is 14.4. The van der Waals surface area contributed by atoms with E-state index in [0.717, 1.165) is 11.3 Å². The van der Waals surface area contributed by atoms with Crippen LogP contribution in [0.15, 0.2) is 53.9 Å². The number of ether oxygens (including phenoxy) is 1. The molecule has 0 unspecified atom stereocenters. The van der Waals surface area contributed by atoms with Crippen molar-refractivity contribution in [3.05, 3.63) is 69.6 Å². The van der Waals surface area contributed by atoms with Gasteiger partial charge in [-0.15, -0.1) is 11.3 Å². The lowest BCUT2D eigenvalue weighted by Crippen LogP contribution is -2.33.